The van der Waals surface area contributed by atoms with Crippen LogP contribution >= 0.6 is 7.60 Å². The van der Waals surface area contributed by atoms with Gasteiger partial charge in [0.05, 0.1) is 24.9 Å². The van der Waals surface area contributed by atoms with Gasteiger partial charge in [0.2, 0.25) is 0 Å². The molecule has 0 bridgehead atoms. The van der Waals surface area contributed by atoms with E-state index in [-0.39, 0.29) is 41.7 Å². The molecule has 11 heteroatoms. The molecule has 0 fully saturated rings. The van der Waals surface area contributed by atoms with E-state index < -0.39 is 31.0 Å². The lowest BCUT2D eigenvalue weighted by atomic mass is 10.0. The van der Waals surface area contributed by atoms with Gasteiger partial charge in [-0.2, -0.15) is 0 Å². The normalized spacial score (nSPS) is 13.6. The lowest BCUT2D eigenvalue weighted by molar-refractivity contribution is 0.0640. The van der Waals surface area contributed by atoms with E-state index >= 15 is 0 Å². The van der Waals surface area contributed by atoms with Crippen molar-refractivity contribution in [3.63, 3.8) is 0 Å². The molecule has 1 aromatic heterocycles. The molecule has 2 amide bonds. The maximum atomic E-state index is 13.3. The number of amides is 2. The number of fused-ring (bicyclic) bond motifs is 2. The predicted octanol–water partition coefficient (Wildman–Crippen LogP) is 3.74. The Kier molecular flexibility index (Phi) is 6.16. The van der Waals surface area contributed by atoms with Gasteiger partial charge in [-0.25, -0.2) is 4.39 Å². The van der Waals surface area contributed by atoms with E-state index in [0.29, 0.717) is 10.9 Å². The summed E-state index contributed by atoms with van der Waals surface area (Å²) in [7, 11) is -0.885. The molecule has 4 rings (SSSR count). The van der Waals surface area contributed by atoms with Crippen molar-refractivity contribution >= 4 is 30.3 Å². The zero-order valence-electron chi connectivity index (χ0n) is 17.8. The van der Waals surface area contributed by atoms with Crippen LogP contribution in [0.5, 0.6) is 11.5 Å². The van der Waals surface area contributed by atoms with Gasteiger partial charge >= 0.3 is 7.60 Å². The van der Waals surface area contributed by atoms with Crippen LogP contribution in [-0.2, 0) is 20.2 Å². The van der Waals surface area contributed by atoms with E-state index in [1.165, 1.54) is 44.7 Å². The Morgan fingerprint density at radius 3 is 2.39 bits per heavy atom. The zero-order valence-corrected chi connectivity index (χ0v) is 18.7. The van der Waals surface area contributed by atoms with Gasteiger partial charge in [0.1, 0.15) is 22.6 Å². The number of phenols is 1. The second-order valence-electron chi connectivity index (χ2n) is 7.20. The molecule has 172 valence electrons. The minimum absolute atomic E-state index is 0.0320. The van der Waals surface area contributed by atoms with Gasteiger partial charge in [0, 0.05) is 25.8 Å². The van der Waals surface area contributed by atoms with Crippen LogP contribution < -0.4 is 4.74 Å². The van der Waals surface area contributed by atoms with Crippen LogP contribution in [0.15, 0.2) is 42.6 Å². The molecule has 0 saturated carbocycles. The number of ether oxygens (including phenoxy) is 1. The summed E-state index contributed by atoms with van der Waals surface area (Å²) in [6.07, 6.45) is 1.32. The summed E-state index contributed by atoms with van der Waals surface area (Å²) in [6, 6.07) is 8.55. The summed E-state index contributed by atoms with van der Waals surface area (Å²) in [5.74, 6) is -2.26. The molecule has 1 N–H and O–H groups in total. The summed E-state index contributed by atoms with van der Waals surface area (Å²) in [5.41, 5.74) is 0.254. The monoisotopic (exact) mass is 474 g/mol. The third-order valence-corrected chi connectivity index (χ3v) is 7.17. The van der Waals surface area contributed by atoms with Crippen molar-refractivity contribution in [2.45, 2.75) is 6.54 Å². The van der Waals surface area contributed by atoms with Crippen molar-refractivity contribution in [2.24, 2.45) is 0 Å². The van der Waals surface area contributed by atoms with Crippen molar-refractivity contribution in [1.82, 2.24) is 9.88 Å². The number of benzene rings is 2. The molecule has 2 heterocycles. The van der Waals surface area contributed by atoms with Crippen LogP contribution in [0.2, 0.25) is 0 Å². The highest BCUT2D eigenvalue weighted by atomic mass is 31.2. The molecule has 1 aliphatic rings. The number of imide groups is 1. The maximum Gasteiger partial charge on any atom is 0.333 e. The number of hydrogen-bond acceptors (Lipinski definition) is 8. The van der Waals surface area contributed by atoms with E-state index in [4.69, 9.17) is 13.8 Å². The Bertz CT molecular complexity index is 1290. The summed E-state index contributed by atoms with van der Waals surface area (Å²) < 4.78 is 41.2. The Morgan fingerprint density at radius 2 is 1.73 bits per heavy atom. The predicted molar refractivity (Wildman–Crippen MR) is 116 cm³/mol. The Balaban J connectivity index is 1.76. The van der Waals surface area contributed by atoms with Crippen LogP contribution in [0.1, 0.15) is 26.3 Å². The third kappa shape index (κ3) is 4.08. The molecule has 0 radical (unpaired) electrons. The quantitative estimate of drug-likeness (QED) is 0.388. The van der Waals surface area contributed by atoms with Crippen LogP contribution in [-0.4, -0.2) is 53.8 Å². The number of hydrogen-bond donors (Lipinski definition) is 1. The molecule has 3 aromatic rings. The van der Waals surface area contributed by atoms with E-state index in [0.717, 1.165) is 4.90 Å². The van der Waals surface area contributed by atoms with Crippen molar-refractivity contribution < 1.29 is 37.4 Å². The lowest BCUT2D eigenvalue weighted by Gasteiger charge is -2.17. The average Bonchev–Trinajstić information content (AvgIpc) is 3.07. The lowest BCUT2D eigenvalue weighted by Crippen LogP contribution is -2.29. The van der Waals surface area contributed by atoms with Crippen molar-refractivity contribution in [3.8, 4) is 11.5 Å². The van der Waals surface area contributed by atoms with E-state index in [2.05, 4.69) is 4.98 Å². The summed E-state index contributed by atoms with van der Waals surface area (Å²) in [6.45, 7) is -0.280. The summed E-state index contributed by atoms with van der Waals surface area (Å²) in [5, 5.41) is 11.1. The Labute approximate surface area is 188 Å². The standard InChI is InChI=1S/C22H20FN2O7P/c1-30-33(29,31-2)11-10-32-20-15-4-3-9-24-18(15)19(26)16-17(20)22(28)25(21(16)27)12-13-5-7-14(23)8-6-13/h3-9,26H,10-12H2,1-2H3. The van der Waals surface area contributed by atoms with Crippen molar-refractivity contribution in [1.29, 1.82) is 0 Å². The van der Waals surface area contributed by atoms with E-state index in [9.17, 15) is 23.7 Å². The molecule has 0 aliphatic carbocycles. The number of rotatable bonds is 8. The molecular weight excluding hydrogens is 454 g/mol. The molecule has 0 saturated heterocycles. The fourth-order valence-electron chi connectivity index (χ4n) is 3.62. The topological polar surface area (TPSA) is 115 Å². The number of halogens is 1. The number of aromatic nitrogens is 1. The molecule has 0 atom stereocenters. The summed E-state index contributed by atoms with van der Waals surface area (Å²) in [4.78, 5) is 31.5. The number of aromatic hydroxyl groups is 1. The molecular formula is C22H20FN2O7P. The van der Waals surface area contributed by atoms with Gasteiger partial charge in [-0.05, 0) is 29.8 Å². The molecule has 33 heavy (non-hydrogen) atoms. The Morgan fingerprint density at radius 1 is 1.06 bits per heavy atom. The first kappa shape index (κ1) is 22.8. The fraction of sp³-hybridized carbons (Fsp3) is 0.227. The van der Waals surface area contributed by atoms with Crippen molar-refractivity contribution in [3.05, 3.63) is 65.1 Å². The number of pyridine rings is 1. The van der Waals surface area contributed by atoms with Gasteiger partial charge in [0.25, 0.3) is 11.8 Å². The second-order valence-corrected chi connectivity index (χ2v) is 9.60. The SMILES string of the molecule is COP(=O)(CCOc1c2c(c(O)c3ncccc13)C(=O)N(Cc1ccc(F)cc1)C2=O)OC. The Hall–Kier alpha value is -3.33. The van der Waals surface area contributed by atoms with Crippen LogP contribution in [0.25, 0.3) is 10.9 Å². The zero-order chi connectivity index (χ0) is 23.8. The number of carbonyl (C=O) groups is 2. The molecule has 0 unspecified atom stereocenters. The van der Waals surface area contributed by atoms with Crippen LogP contribution in [0, 0.1) is 5.82 Å². The first-order valence-electron chi connectivity index (χ1n) is 9.87. The van der Waals surface area contributed by atoms with Crippen LogP contribution in [0.3, 0.4) is 0 Å². The fourth-order valence-corrected chi connectivity index (χ4v) is 4.45. The largest absolute Gasteiger partial charge is 0.505 e. The molecule has 1 aliphatic heterocycles. The van der Waals surface area contributed by atoms with Gasteiger partial charge in [-0.15, -0.1) is 0 Å². The maximum absolute atomic E-state index is 13.3. The highest BCUT2D eigenvalue weighted by molar-refractivity contribution is 7.53. The highest BCUT2D eigenvalue weighted by Crippen LogP contribution is 2.47. The molecule has 2 aromatic carbocycles. The minimum atomic E-state index is -3.38. The molecule has 9 nitrogen and oxygen atoms in total. The first-order chi connectivity index (χ1) is 15.8. The highest BCUT2D eigenvalue weighted by Gasteiger charge is 2.42. The van der Waals surface area contributed by atoms with Crippen molar-refractivity contribution in [2.75, 3.05) is 27.0 Å². The van der Waals surface area contributed by atoms with Gasteiger partial charge in [-0.3, -0.25) is 24.0 Å². The van der Waals surface area contributed by atoms with E-state index in [1.807, 2.05) is 0 Å². The third-order valence-electron chi connectivity index (χ3n) is 5.33. The smallest absolute Gasteiger partial charge is 0.333 e. The minimum Gasteiger partial charge on any atom is -0.505 e. The first-order valence-corrected chi connectivity index (χ1v) is 11.6. The second kappa shape index (κ2) is 8.90. The summed E-state index contributed by atoms with van der Waals surface area (Å²) >= 11 is 0. The van der Waals surface area contributed by atoms with Crippen LogP contribution in [0.4, 0.5) is 4.39 Å². The number of nitrogens with zero attached hydrogens (tertiary/aromatic N) is 2. The van der Waals surface area contributed by atoms with Gasteiger partial charge in [-0.1, -0.05) is 12.1 Å². The number of carbonyl (C=O) groups excluding carboxylic acids is 2. The molecule has 0 spiro atoms. The van der Waals surface area contributed by atoms with Gasteiger partial charge in [0.15, 0.2) is 5.75 Å². The number of phenolic OH excluding ortho intramolecular Hbond substituents is 1. The van der Waals surface area contributed by atoms with Gasteiger partial charge < -0.3 is 18.9 Å². The average molecular weight is 474 g/mol. The van der Waals surface area contributed by atoms with E-state index in [1.54, 1.807) is 12.1 Å².